The first-order valence-electron chi connectivity index (χ1n) is 2.54. The molecule has 0 aliphatic carbocycles. The summed E-state index contributed by atoms with van der Waals surface area (Å²) in [7, 11) is 0. The average Bonchev–Trinajstić information content (AvgIpc) is 1.78. The van der Waals surface area contributed by atoms with Crippen LogP contribution in [0.15, 0.2) is 0 Å². The van der Waals surface area contributed by atoms with Crippen LogP contribution in [0.25, 0.3) is 0 Å². The lowest BCUT2D eigenvalue weighted by Crippen LogP contribution is -2.33. The summed E-state index contributed by atoms with van der Waals surface area (Å²) in [6.07, 6.45) is -13.9. The molecule has 0 aliphatic heterocycles. The van der Waals surface area contributed by atoms with Crippen LogP contribution in [-0.2, 0) is 9.84 Å². The molecule has 2 nitrogen and oxygen atoms in total. The largest absolute Gasteiger partial charge is 0.443 e. The second kappa shape index (κ2) is 3.48. The van der Waals surface area contributed by atoms with Crippen molar-refractivity contribution < 1.29 is 36.2 Å². The Balaban J connectivity index is 3.80. The van der Waals surface area contributed by atoms with Gasteiger partial charge in [-0.1, -0.05) is 0 Å². The number of hydrogen-bond acceptors (Lipinski definition) is 1. The zero-order valence-corrected chi connectivity index (χ0v) is 5.37. The van der Waals surface area contributed by atoms with Crippen LogP contribution in [0.3, 0.4) is 0 Å². The van der Waals surface area contributed by atoms with E-state index in [9.17, 15) is 31.4 Å². The molecule has 12 heavy (non-hydrogen) atoms. The van der Waals surface area contributed by atoms with Gasteiger partial charge in [0, 0.05) is 0 Å². The van der Waals surface area contributed by atoms with Crippen LogP contribution in [0, 0.1) is 0 Å². The summed E-state index contributed by atoms with van der Waals surface area (Å²) in [5, 5.41) is 9.75. The second-order valence-electron chi connectivity index (χ2n) is 1.80. The number of alkyl halides is 6. The minimum Gasteiger partial charge on any atom is -0.333 e. The number of ether oxygens (including phenoxy) is 1. The molecule has 0 spiro atoms. The molecule has 0 bridgehead atoms. The Bertz CT molecular complexity index is 137. The Morgan fingerprint density at radius 1 is 1.08 bits per heavy atom. The number of halogens is 6. The van der Waals surface area contributed by atoms with E-state index >= 15 is 0 Å². The summed E-state index contributed by atoms with van der Waals surface area (Å²) in [5.41, 5.74) is 0. The molecule has 0 fully saturated rings. The van der Waals surface area contributed by atoms with Crippen LogP contribution in [-0.4, -0.2) is 25.2 Å². The smallest absolute Gasteiger partial charge is 0.333 e. The molecule has 0 aromatic heterocycles. The first-order valence-corrected chi connectivity index (χ1v) is 2.54. The lowest BCUT2D eigenvalue weighted by atomic mass is 10.6. The lowest BCUT2D eigenvalue weighted by Gasteiger charge is -2.13. The van der Waals surface area contributed by atoms with E-state index in [1.165, 1.54) is 0 Å². The Kier molecular flexibility index (Phi) is 3.34. The van der Waals surface area contributed by atoms with Crippen molar-refractivity contribution in [2.75, 3.05) is 6.61 Å². The van der Waals surface area contributed by atoms with Crippen LogP contribution in [0.2, 0.25) is 0 Å². The van der Waals surface area contributed by atoms with E-state index in [1.54, 1.807) is 0 Å². The van der Waals surface area contributed by atoms with Gasteiger partial charge in [0.05, 0.1) is 0 Å². The maximum absolute atomic E-state index is 11.2. The number of rotatable bonds is 2. The van der Waals surface area contributed by atoms with Gasteiger partial charge < -0.3 is 4.74 Å². The van der Waals surface area contributed by atoms with Crippen LogP contribution in [0.4, 0.5) is 26.3 Å². The van der Waals surface area contributed by atoms with Crippen LogP contribution in [0.5, 0.6) is 0 Å². The minimum absolute atomic E-state index is 2.19. The summed E-state index contributed by atoms with van der Waals surface area (Å²) in [4.78, 5) is 0. The first kappa shape index (κ1) is 11.5. The van der Waals surface area contributed by atoms with Crippen molar-refractivity contribution in [3.8, 4) is 0 Å². The second-order valence-corrected chi connectivity index (χ2v) is 1.80. The Hall–Kier alpha value is -0.500. The molecular formula is C4H3F6O2. The maximum atomic E-state index is 11.2. The molecule has 73 valence electrons. The monoisotopic (exact) mass is 197 g/mol. The first-order chi connectivity index (χ1) is 5.13. The van der Waals surface area contributed by atoms with Crippen LogP contribution < -0.4 is 0 Å². The SMILES string of the molecule is [O]C(OCC(F)(F)F)C(F)(F)F. The van der Waals surface area contributed by atoms with Gasteiger partial charge in [-0.15, -0.1) is 0 Å². The molecule has 0 saturated heterocycles. The van der Waals surface area contributed by atoms with Gasteiger partial charge in [0.15, 0.2) is 0 Å². The van der Waals surface area contributed by atoms with Crippen molar-refractivity contribution in [1.82, 2.24) is 0 Å². The molecular weight excluding hydrogens is 194 g/mol. The van der Waals surface area contributed by atoms with Crippen LogP contribution in [0.1, 0.15) is 0 Å². The Morgan fingerprint density at radius 2 is 1.50 bits per heavy atom. The maximum Gasteiger partial charge on any atom is 0.443 e. The van der Waals surface area contributed by atoms with E-state index in [0.717, 1.165) is 0 Å². The summed E-state index contributed by atoms with van der Waals surface area (Å²) in [6.45, 7) is -2.19. The van der Waals surface area contributed by atoms with Gasteiger partial charge in [-0.2, -0.15) is 31.4 Å². The van der Waals surface area contributed by atoms with Crippen molar-refractivity contribution >= 4 is 0 Å². The fourth-order valence-electron chi connectivity index (χ4n) is 0.265. The third-order valence-corrected chi connectivity index (χ3v) is 0.666. The van der Waals surface area contributed by atoms with Crippen LogP contribution >= 0.6 is 0 Å². The van der Waals surface area contributed by atoms with Gasteiger partial charge in [0.1, 0.15) is 6.61 Å². The highest BCUT2D eigenvalue weighted by molar-refractivity contribution is 4.55. The van der Waals surface area contributed by atoms with Gasteiger partial charge >= 0.3 is 12.4 Å². The summed E-state index contributed by atoms with van der Waals surface area (Å²) in [5.74, 6) is 0. The molecule has 0 rings (SSSR count). The van der Waals surface area contributed by atoms with Crippen molar-refractivity contribution in [1.29, 1.82) is 0 Å². The van der Waals surface area contributed by atoms with Gasteiger partial charge in [-0.3, -0.25) is 0 Å². The summed E-state index contributed by atoms with van der Waals surface area (Å²) >= 11 is 0. The quantitative estimate of drug-likeness (QED) is 0.490. The molecule has 8 heteroatoms. The van der Waals surface area contributed by atoms with Gasteiger partial charge in [0.2, 0.25) is 0 Å². The third-order valence-electron chi connectivity index (χ3n) is 0.666. The van der Waals surface area contributed by atoms with E-state index in [1.807, 2.05) is 0 Å². The summed E-state index contributed by atoms with van der Waals surface area (Å²) in [6, 6.07) is 0. The average molecular weight is 197 g/mol. The standard InChI is InChI=1S/C4H3F6O2/c5-3(6,7)1-12-2(11)4(8,9)10/h2H,1H2. The number of hydrogen-bond donors (Lipinski definition) is 0. The molecule has 0 heterocycles. The predicted molar refractivity (Wildman–Crippen MR) is 22.5 cm³/mol. The zero-order chi connectivity index (χ0) is 9.99. The zero-order valence-electron chi connectivity index (χ0n) is 5.37. The van der Waals surface area contributed by atoms with Gasteiger partial charge in [0.25, 0.3) is 6.29 Å². The fraction of sp³-hybridized carbons (Fsp3) is 1.00. The lowest BCUT2D eigenvalue weighted by molar-refractivity contribution is -0.333. The topological polar surface area (TPSA) is 29.1 Å². The molecule has 0 amide bonds. The molecule has 1 radical (unpaired) electrons. The fourth-order valence-corrected chi connectivity index (χ4v) is 0.265. The van der Waals surface area contributed by atoms with E-state index in [2.05, 4.69) is 4.74 Å². The van der Waals surface area contributed by atoms with E-state index in [0.29, 0.717) is 0 Å². The molecule has 0 aliphatic rings. The minimum atomic E-state index is -5.30. The van der Waals surface area contributed by atoms with E-state index in [-0.39, 0.29) is 0 Å². The van der Waals surface area contributed by atoms with Gasteiger partial charge in [-0.25, -0.2) is 0 Å². The highest BCUT2D eigenvalue weighted by Gasteiger charge is 2.43. The third kappa shape index (κ3) is 5.19. The van der Waals surface area contributed by atoms with Crippen molar-refractivity contribution in [2.45, 2.75) is 18.6 Å². The predicted octanol–water partition coefficient (Wildman–Crippen LogP) is 1.88. The molecule has 1 unspecified atom stereocenters. The highest BCUT2D eigenvalue weighted by Crippen LogP contribution is 2.23. The normalized spacial score (nSPS) is 16.2. The Morgan fingerprint density at radius 3 is 1.75 bits per heavy atom. The Labute approximate surface area is 62.7 Å². The van der Waals surface area contributed by atoms with Gasteiger partial charge in [-0.05, 0) is 0 Å². The van der Waals surface area contributed by atoms with Crippen molar-refractivity contribution in [2.24, 2.45) is 0 Å². The van der Waals surface area contributed by atoms with E-state index < -0.39 is 25.2 Å². The summed E-state index contributed by atoms with van der Waals surface area (Å²) < 4.78 is 70.1. The highest BCUT2D eigenvalue weighted by atomic mass is 19.4. The van der Waals surface area contributed by atoms with E-state index in [4.69, 9.17) is 0 Å². The van der Waals surface area contributed by atoms with Crippen molar-refractivity contribution in [3.05, 3.63) is 0 Å². The molecule has 0 N–H and O–H groups in total. The molecule has 1 atom stereocenters. The molecule has 0 saturated carbocycles. The van der Waals surface area contributed by atoms with Crippen molar-refractivity contribution in [3.63, 3.8) is 0 Å². The molecule has 0 aromatic rings. The molecule has 0 aromatic carbocycles.